The lowest BCUT2D eigenvalue weighted by Gasteiger charge is -2.13. The fourth-order valence-electron chi connectivity index (χ4n) is 2.95. The lowest BCUT2D eigenvalue weighted by atomic mass is 10.2. The summed E-state index contributed by atoms with van der Waals surface area (Å²) in [4.78, 5) is 21.9. The summed E-state index contributed by atoms with van der Waals surface area (Å²) in [6, 6.07) is 20.7. The van der Waals surface area contributed by atoms with Crippen LogP contribution in [0.5, 0.6) is 5.75 Å². The Kier molecular flexibility index (Phi) is 6.74. The summed E-state index contributed by atoms with van der Waals surface area (Å²) in [5.74, 6) is 1.49. The maximum Gasteiger partial charge on any atom is 0.266 e. The molecule has 0 saturated carbocycles. The maximum absolute atomic E-state index is 13.1. The van der Waals surface area contributed by atoms with E-state index in [0.717, 1.165) is 5.75 Å². The topological polar surface area (TPSA) is 66.2 Å². The first-order valence-electron chi connectivity index (χ1n) is 9.63. The van der Waals surface area contributed by atoms with Crippen LogP contribution in [0.1, 0.15) is 0 Å². The van der Waals surface area contributed by atoms with Gasteiger partial charge in [-0.3, -0.25) is 14.3 Å². The van der Waals surface area contributed by atoms with E-state index in [-0.39, 0.29) is 5.56 Å². The molecule has 0 spiro atoms. The number of rotatable bonds is 9. The first-order valence-corrected chi connectivity index (χ1v) is 10.6. The molecule has 4 aromatic rings. The molecule has 0 N–H and O–H groups in total. The number of pyridine rings is 1. The van der Waals surface area contributed by atoms with Gasteiger partial charge in [0.1, 0.15) is 12.4 Å². The molecule has 2 aromatic heterocycles. The molecule has 0 aliphatic carbocycles. The molecule has 152 valence electrons. The number of nitrogens with zero attached hydrogens (tertiary/aromatic N) is 3. The van der Waals surface area contributed by atoms with Gasteiger partial charge in [-0.1, -0.05) is 42.1 Å². The molecule has 0 aliphatic rings. The lowest BCUT2D eigenvalue weighted by Crippen LogP contribution is -2.22. The second-order valence-electron chi connectivity index (χ2n) is 6.39. The van der Waals surface area contributed by atoms with E-state index in [4.69, 9.17) is 14.5 Å². The maximum atomic E-state index is 13.1. The average molecular weight is 420 g/mol. The van der Waals surface area contributed by atoms with Crippen LogP contribution < -0.4 is 10.3 Å². The zero-order valence-electron chi connectivity index (χ0n) is 16.3. The van der Waals surface area contributed by atoms with Crippen molar-refractivity contribution in [3.8, 4) is 11.4 Å². The summed E-state index contributed by atoms with van der Waals surface area (Å²) in [6.07, 6.45) is 3.35. The molecule has 0 radical (unpaired) electrons. The van der Waals surface area contributed by atoms with Gasteiger partial charge in [0, 0.05) is 11.9 Å². The molecule has 0 unspecified atom stereocenters. The van der Waals surface area contributed by atoms with Crippen LogP contribution in [0.25, 0.3) is 16.6 Å². The number of fused-ring (bicyclic) bond motifs is 1. The number of aromatic nitrogens is 3. The molecule has 0 amide bonds. The second kappa shape index (κ2) is 10.0. The van der Waals surface area contributed by atoms with Crippen LogP contribution in [-0.4, -0.2) is 40.1 Å². The number of hydrogen-bond donors (Lipinski definition) is 0. The summed E-state index contributed by atoms with van der Waals surface area (Å²) in [6.45, 7) is 1.51. The van der Waals surface area contributed by atoms with Gasteiger partial charge in [0.05, 0.1) is 36.0 Å². The number of ether oxygens (including phenoxy) is 2. The van der Waals surface area contributed by atoms with Gasteiger partial charge in [0.2, 0.25) is 0 Å². The quantitative estimate of drug-likeness (QED) is 0.232. The molecule has 30 heavy (non-hydrogen) atoms. The number of para-hydroxylation sites is 2. The number of thioether (sulfide) groups is 1. The van der Waals surface area contributed by atoms with Crippen LogP contribution in [-0.2, 0) is 4.74 Å². The van der Waals surface area contributed by atoms with Crippen molar-refractivity contribution in [2.24, 2.45) is 0 Å². The zero-order chi connectivity index (χ0) is 20.6. The predicted octanol–water partition coefficient (Wildman–Crippen LogP) is 3.97. The van der Waals surface area contributed by atoms with Crippen molar-refractivity contribution < 1.29 is 9.47 Å². The minimum absolute atomic E-state index is 0.103. The van der Waals surface area contributed by atoms with Crippen molar-refractivity contribution in [2.45, 2.75) is 5.16 Å². The largest absolute Gasteiger partial charge is 0.491 e. The van der Waals surface area contributed by atoms with Crippen molar-refractivity contribution in [2.75, 3.05) is 25.6 Å². The van der Waals surface area contributed by atoms with Gasteiger partial charge < -0.3 is 9.47 Å². The van der Waals surface area contributed by atoms with Gasteiger partial charge in [-0.05, 0) is 36.4 Å². The van der Waals surface area contributed by atoms with Gasteiger partial charge in [-0.25, -0.2) is 4.98 Å². The molecule has 7 heteroatoms. The van der Waals surface area contributed by atoms with Crippen LogP contribution >= 0.6 is 11.8 Å². The summed E-state index contributed by atoms with van der Waals surface area (Å²) in [7, 11) is 0. The van der Waals surface area contributed by atoms with Crippen molar-refractivity contribution >= 4 is 22.7 Å². The Bertz CT molecular complexity index is 1150. The van der Waals surface area contributed by atoms with Crippen molar-refractivity contribution in [1.29, 1.82) is 0 Å². The fraction of sp³-hybridized carbons (Fsp3) is 0.174. The smallest absolute Gasteiger partial charge is 0.266 e. The Morgan fingerprint density at radius 3 is 2.57 bits per heavy atom. The monoisotopic (exact) mass is 419 g/mol. The Morgan fingerprint density at radius 2 is 1.73 bits per heavy atom. The van der Waals surface area contributed by atoms with E-state index in [1.54, 1.807) is 29.1 Å². The van der Waals surface area contributed by atoms with E-state index in [2.05, 4.69) is 4.98 Å². The van der Waals surface area contributed by atoms with E-state index in [1.165, 1.54) is 11.8 Å². The van der Waals surface area contributed by atoms with Crippen LogP contribution in [0.4, 0.5) is 0 Å². The number of benzene rings is 2. The summed E-state index contributed by atoms with van der Waals surface area (Å²) < 4.78 is 12.9. The minimum Gasteiger partial charge on any atom is -0.491 e. The first-order chi connectivity index (χ1) is 14.8. The molecule has 6 nitrogen and oxygen atoms in total. The summed E-state index contributed by atoms with van der Waals surface area (Å²) >= 11 is 1.48. The average Bonchev–Trinajstić information content (AvgIpc) is 2.80. The predicted molar refractivity (Wildman–Crippen MR) is 119 cm³/mol. The number of hydrogen-bond acceptors (Lipinski definition) is 6. The molecule has 0 fully saturated rings. The Morgan fingerprint density at radius 1 is 0.900 bits per heavy atom. The molecule has 2 heterocycles. The third-order valence-corrected chi connectivity index (χ3v) is 5.25. The third kappa shape index (κ3) is 4.87. The Labute approximate surface area is 178 Å². The minimum atomic E-state index is -0.103. The van der Waals surface area contributed by atoms with Gasteiger partial charge >= 0.3 is 0 Å². The first kappa shape index (κ1) is 20.1. The molecule has 0 bridgehead atoms. The van der Waals surface area contributed by atoms with Crippen LogP contribution in [0.15, 0.2) is 89.1 Å². The van der Waals surface area contributed by atoms with Crippen molar-refractivity contribution in [3.05, 3.63) is 89.5 Å². The highest BCUT2D eigenvalue weighted by Crippen LogP contribution is 2.20. The van der Waals surface area contributed by atoms with E-state index in [9.17, 15) is 4.79 Å². The van der Waals surface area contributed by atoms with E-state index in [0.29, 0.717) is 47.3 Å². The van der Waals surface area contributed by atoms with Gasteiger partial charge in [-0.2, -0.15) is 0 Å². The van der Waals surface area contributed by atoms with Crippen LogP contribution in [0.2, 0.25) is 0 Å². The highest BCUT2D eigenvalue weighted by Gasteiger charge is 2.13. The SMILES string of the molecule is O=c1c2ccccc2nc(SCCOCCOc2ccccc2)n1-c1cccnc1. The molecule has 2 aromatic carbocycles. The van der Waals surface area contributed by atoms with Gasteiger partial charge in [-0.15, -0.1) is 0 Å². The summed E-state index contributed by atoms with van der Waals surface area (Å²) in [5.41, 5.74) is 1.27. The normalized spacial score (nSPS) is 10.9. The molecular formula is C23H21N3O3S. The zero-order valence-corrected chi connectivity index (χ0v) is 17.1. The Balaban J connectivity index is 1.40. The molecule has 4 rings (SSSR count). The van der Waals surface area contributed by atoms with E-state index in [1.807, 2.05) is 54.6 Å². The highest BCUT2D eigenvalue weighted by molar-refractivity contribution is 7.99. The van der Waals surface area contributed by atoms with Gasteiger partial charge in [0.15, 0.2) is 5.16 Å². The van der Waals surface area contributed by atoms with E-state index >= 15 is 0 Å². The molecule has 0 atom stereocenters. The molecular weight excluding hydrogens is 398 g/mol. The standard InChI is InChI=1S/C23H21N3O3S/c27-22-20-10-4-5-11-21(20)25-23(26(22)18-7-6-12-24-17-18)30-16-15-28-13-14-29-19-8-2-1-3-9-19/h1-12,17H,13-16H2. The third-order valence-electron chi connectivity index (χ3n) is 4.35. The van der Waals surface area contributed by atoms with Crippen LogP contribution in [0, 0.1) is 0 Å². The summed E-state index contributed by atoms with van der Waals surface area (Å²) in [5, 5.41) is 1.20. The van der Waals surface area contributed by atoms with Crippen molar-refractivity contribution in [3.63, 3.8) is 0 Å². The fourth-order valence-corrected chi connectivity index (χ4v) is 3.82. The highest BCUT2D eigenvalue weighted by atomic mass is 32.2. The second-order valence-corrected chi connectivity index (χ2v) is 7.45. The van der Waals surface area contributed by atoms with Crippen LogP contribution in [0.3, 0.4) is 0 Å². The van der Waals surface area contributed by atoms with Gasteiger partial charge in [0.25, 0.3) is 5.56 Å². The molecule has 0 saturated heterocycles. The Hall–Kier alpha value is -3.16. The molecule has 0 aliphatic heterocycles. The van der Waals surface area contributed by atoms with Crippen molar-refractivity contribution in [1.82, 2.24) is 14.5 Å². The lowest BCUT2D eigenvalue weighted by molar-refractivity contribution is 0.112. The van der Waals surface area contributed by atoms with E-state index < -0.39 is 0 Å².